The molecule has 1 aliphatic heterocycles. The van der Waals surface area contributed by atoms with E-state index in [0.29, 0.717) is 29.3 Å². The molecule has 0 spiro atoms. The lowest BCUT2D eigenvalue weighted by Crippen LogP contribution is -2.35. The Kier molecular flexibility index (Phi) is 6.29. The fraction of sp³-hybridized carbons (Fsp3) is 0.238. The van der Waals surface area contributed by atoms with Crippen molar-refractivity contribution < 1.29 is 14.0 Å². The third-order valence-corrected chi connectivity index (χ3v) is 5.47. The van der Waals surface area contributed by atoms with Crippen LogP contribution in [0.2, 0.25) is 0 Å². The molecule has 0 radical (unpaired) electrons. The first kappa shape index (κ1) is 19.2. The van der Waals surface area contributed by atoms with Crippen LogP contribution in [0.25, 0.3) is 0 Å². The van der Waals surface area contributed by atoms with Crippen LogP contribution in [0.3, 0.4) is 0 Å². The lowest BCUT2D eigenvalue weighted by molar-refractivity contribution is -0.114. The summed E-state index contributed by atoms with van der Waals surface area (Å²) in [6.07, 6.45) is 2.85. The number of rotatable bonds is 6. The van der Waals surface area contributed by atoms with Gasteiger partial charge in [0.15, 0.2) is 0 Å². The molecule has 27 heavy (non-hydrogen) atoms. The van der Waals surface area contributed by atoms with Gasteiger partial charge in [0.05, 0.1) is 0 Å². The quantitative estimate of drug-likeness (QED) is 0.468. The van der Waals surface area contributed by atoms with Crippen molar-refractivity contribution in [2.24, 2.45) is 0 Å². The number of anilines is 1. The Morgan fingerprint density at radius 3 is 2.81 bits per heavy atom. The highest BCUT2D eigenvalue weighted by molar-refractivity contribution is 7.99. The summed E-state index contributed by atoms with van der Waals surface area (Å²) in [6.45, 7) is 4.60. The molecule has 0 aliphatic carbocycles. The SMILES string of the molecule is C=CC(=O)N1CCCc2c(C(=O)NCCSc3ccccc3F)cccc21. The van der Waals surface area contributed by atoms with Crippen LogP contribution >= 0.6 is 11.8 Å². The Bertz CT molecular complexity index is 869. The molecule has 0 unspecified atom stereocenters. The molecule has 0 saturated carbocycles. The van der Waals surface area contributed by atoms with E-state index in [2.05, 4.69) is 11.9 Å². The van der Waals surface area contributed by atoms with Gasteiger partial charge in [-0.05, 0) is 48.7 Å². The molecule has 0 fully saturated rings. The summed E-state index contributed by atoms with van der Waals surface area (Å²) in [5.41, 5.74) is 2.25. The molecule has 0 saturated heterocycles. The summed E-state index contributed by atoms with van der Waals surface area (Å²) in [6, 6.07) is 12.0. The minimum atomic E-state index is -0.252. The normalized spacial score (nSPS) is 13.0. The third kappa shape index (κ3) is 4.39. The van der Waals surface area contributed by atoms with Gasteiger partial charge in [0.2, 0.25) is 5.91 Å². The lowest BCUT2D eigenvalue weighted by atomic mass is 9.95. The Morgan fingerprint density at radius 1 is 1.22 bits per heavy atom. The van der Waals surface area contributed by atoms with Gasteiger partial charge in [-0.25, -0.2) is 4.39 Å². The van der Waals surface area contributed by atoms with Crippen LogP contribution in [0, 0.1) is 5.82 Å². The van der Waals surface area contributed by atoms with E-state index in [-0.39, 0.29) is 17.6 Å². The second-order valence-electron chi connectivity index (χ2n) is 6.14. The molecule has 140 valence electrons. The Labute approximate surface area is 162 Å². The summed E-state index contributed by atoms with van der Waals surface area (Å²) in [5.74, 6) is -0.00964. The number of amides is 2. The minimum absolute atomic E-state index is 0.158. The number of halogens is 1. The molecule has 6 heteroatoms. The highest BCUT2D eigenvalue weighted by atomic mass is 32.2. The van der Waals surface area contributed by atoms with E-state index in [1.165, 1.54) is 23.9 Å². The molecule has 0 atom stereocenters. The van der Waals surface area contributed by atoms with Gasteiger partial charge in [-0.2, -0.15) is 0 Å². The molecule has 0 bridgehead atoms. The second kappa shape index (κ2) is 8.86. The summed E-state index contributed by atoms with van der Waals surface area (Å²) < 4.78 is 13.6. The maximum atomic E-state index is 13.6. The van der Waals surface area contributed by atoms with Crippen LogP contribution in [0.1, 0.15) is 22.3 Å². The second-order valence-corrected chi connectivity index (χ2v) is 7.27. The first-order valence-electron chi connectivity index (χ1n) is 8.83. The van der Waals surface area contributed by atoms with Crippen molar-refractivity contribution in [3.05, 3.63) is 72.1 Å². The van der Waals surface area contributed by atoms with Gasteiger partial charge in [0.1, 0.15) is 5.82 Å². The number of benzene rings is 2. The number of nitrogens with one attached hydrogen (secondary N) is 1. The van der Waals surface area contributed by atoms with E-state index < -0.39 is 0 Å². The van der Waals surface area contributed by atoms with Gasteiger partial charge in [-0.15, -0.1) is 11.8 Å². The van der Waals surface area contributed by atoms with E-state index in [9.17, 15) is 14.0 Å². The van der Waals surface area contributed by atoms with Gasteiger partial charge in [0, 0.05) is 35.0 Å². The van der Waals surface area contributed by atoms with E-state index in [0.717, 1.165) is 24.1 Å². The van der Waals surface area contributed by atoms with Crippen molar-refractivity contribution in [3.8, 4) is 0 Å². The number of carbonyl (C=O) groups excluding carboxylic acids is 2. The Balaban J connectivity index is 1.64. The fourth-order valence-electron chi connectivity index (χ4n) is 3.16. The summed E-state index contributed by atoms with van der Waals surface area (Å²) in [4.78, 5) is 26.9. The number of thioether (sulfide) groups is 1. The zero-order chi connectivity index (χ0) is 19.2. The van der Waals surface area contributed by atoms with Gasteiger partial charge in [0.25, 0.3) is 5.91 Å². The number of carbonyl (C=O) groups is 2. The van der Waals surface area contributed by atoms with Crippen LogP contribution in [0.5, 0.6) is 0 Å². The molecule has 1 aliphatic rings. The topological polar surface area (TPSA) is 49.4 Å². The zero-order valence-corrected chi connectivity index (χ0v) is 15.7. The standard InChI is InChI=1S/C21H21FN2O2S/c1-2-20(25)24-13-6-8-15-16(7-5-10-18(15)24)21(26)23-12-14-27-19-11-4-3-9-17(19)22/h2-5,7,9-11H,1,6,8,12-14H2,(H,23,26). The number of hydrogen-bond donors (Lipinski definition) is 1. The minimum Gasteiger partial charge on any atom is -0.351 e. The predicted molar refractivity (Wildman–Crippen MR) is 107 cm³/mol. The van der Waals surface area contributed by atoms with Crippen molar-refractivity contribution in [2.75, 3.05) is 23.7 Å². The average Bonchev–Trinajstić information content (AvgIpc) is 2.70. The van der Waals surface area contributed by atoms with Crippen molar-refractivity contribution >= 4 is 29.3 Å². The Morgan fingerprint density at radius 2 is 2.04 bits per heavy atom. The molecular formula is C21H21FN2O2S. The highest BCUT2D eigenvalue weighted by Gasteiger charge is 2.24. The smallest absolute Gasteiger partial charge is 0.251 e. The van der Waals surface area contributed by atoms with E-state index in [1.807, 2.05) is 6.07 Å². The van der Waals surface area contributed by atoms with Crippen LogP contribution in [0.15, 0.2) is 60.0 Å². The Hall–Kier alpha value is -2.60. The first-order chi connectivity index (χ1) is 13.1. The molecule has 1 heterocycles. The lowest BCUT2D eigenvalue weighted by Gasteiger charge is -2.29. The summed E-state index contributed by atoms with van der Waals surface area (Å²) in [5, 5.41) is 2.89. The number of nitrogens with zero attached hydrogens (tertiary/aromatic N) is 1. The summed E-state index contributed by atoms with van der Waals surface area (Å²) in [7, 11) is 0. The largest absolute Gasteiger partial charge is 0.351 e. The van der Waals surface area contributed by atoms with Crippen molar-refractivity contribution in [1.29, 1.82) is 0 Å². The molecule has 4 nitrogen and oxygen atoms in total. The van der Waals surface area contributed by atoms with Crippen molar-refractivity contribution in [2.45, 2.75) is 17.7 Å². The monoisotopic (exact) mass is 384 g/mol. The van der Waals surface area contributed by atoms with Gasteiger partial charge < -0.3 is 10.2 Å². The fourth-order valence-corrected chi connectivity index (χ4v) is 3.96. The molecule has 2 amide bonds. The molecule has 2 aromatic carbocycles. The molecule has 3 rings (SSSR count). The van der Waals surface area contributed by atoms with E-state index in [4.69, 9.17) is 0 Å². The van der Waals surface area contributed by atoms with Gasteiger partial charge in [-0.3, -0.25) is 9.59 Å². The van der Waals surface area contributed by atoms with Crippen molar-refractivity contribution in [3.63, 3.8) is 0 Å². The highest BCUT2D eigenvalue weighted by Crippen LogP contribution is 2.30. The van der Waals surface area contributed by atoms with Crippen LogP contribution in [-0.4, -0.2) is 30.7 Å². The average molecular weight is 384 g/mol. The number of fused-ring (bicyclic) bond motifs is 1. The zero-order valence-electron chi connectivity index (χ0n) is 14.9. The van der Waals surface area contributed by atoms with Crippen molar-refractivity contribution in [1.82, 2.24) is 5.32 Å². The molecule has 0 aromatic heterocycles. The number of hydrogen-bond acceptors (Lipinski definition) is 3. The maximum absolute atomic E-state index is 13.6. The van der Waals surface area contributed by atoms with Crippen LogP contribution in [-0.2, 0) is 11.2 Å². The summed E-state index contributed by atoms with van der Waals surface area (Å²) >= 11 is 1.37. The van der Waals surface area contributed by atoms with Gasteiger partial charge in [-0.1, -0.05) is 24.8 Å². The van der Waals surface area contributed by atoms with E-state index in [1.54, 1.807) is 35.2 Å². The first-order valence-corrected chi connectivity index (χ1v) is 9.81. The molecular weight excluding hydrogens is 363 g/mol. The van der Waals surface area contributed by atoms with Crippen LogP contribution < -0.4 is 10.2 Å². The molecule has 2 aromatic rings. The van der Waals surface area contributed by atoms with E-state index >= 15 is 0 Å². The van der Waals surface area contributed by atoms with Crippen LogP contribution in [0.4, 0.5) is 10.1 Å². The maximum Gasteiger partial charge on any atom is 0.251 e. The third-order valence-electron chi connectivity index (χ3n) is 4.42. The molecule has 1 N–H and O–H groups in total. The van der Waals surface area contributed by atoms with Gasteiger partial charge >= 0.3 is 0 Å². The predicted octanol–water partition coefficient (Wildman–Crippen LogP) is 3.81.